The molecule has 0 aliphatic carbocycles. The van der Waals surface area contributed by atoms with Gasteiger partial charge in [0.2, 0.25) is 0 Å². The molecule has 78 valence electrons. The van der Waals surface area contributed by atoms with Crippen molar-refractivity contribution in [3.63, 3.8) is 0 Å². The summed E-state index contributed by atoms with van der Waals surface area (Å²) in [5, 5.41) is 16.4. The van der Waals surface area contributed by atoms with E-state index in [9.17, 15) is 17.6 Å². The van der Waals surface area contributed by atoms with Gasteiger partial charge in [-0.25, -0.2) is 4.39 Å². The summed E-state index contributed by atoms with van der Waals surface area (Å²) < 4.78 is 41.6. The Morgan fingerprint density at radius 1 is 1.38 bits per heavy atom. The van der Waals surface area contributed by atoms with Crippen LogP contribution in [0.25, 0.3) is 0 Å². The first kappa shape index (κ1) is 19.5. The first-order chi connectivity index (χ1) is 5.37. The fraction of sp³-hybridized carbons (Fsp3) is 1.00. The molecule has 0 saturated carbocycles. The molecule has 0 heterocycles. The second-order valence-electron chi connectivity index (χ2n) is 1.77. The zero-order valence-electron chi connectivity index (χ0n) is 8.05. The van der Waals surface area contributed by atoms with Crippen molar-refractivity contribution in [1.29, 1.82) is 0 Å². The summed E-state index contributed by atoms with van der Waals surface area (Å²) in [6.07, 6.45) is -5.27. The standard InChI is InChI=1S/C3H8O2S.C2H2F4.Na.H/c4-1-3(5)2-6;3-1-2(4,5)6;;/h3-6H,1-2H2;1H2;;/q;;+1;-1. The summed E-state index contributed by atoms with van der Waals surface area (Å²) in [5.41, 5.74) is 0. The molecule has 13 heavy (non-hydrogen) atoms. The monoisotopic (exact) mass is 234 g/mol. The van der Waals surface area contributed by atoms with Gasteiger partial charge in [-0.15, -0.1) is 0 Å². The van der Waals surface area contributed by atoms with E-state index >= 15 is 0 Å². The summed E-state index contributed by atoms with van der Waals surface area (Å²) in [6, 6.07) is 0. The van der Waals surface area contributed by atoms with Gasteiger partial charge in [0.1, 0.15) is 0 Å². The van der Waals surface area contributed by atoms with E-state index in [-0.39, 0.29) is 37.6 Å². The van der Waals surface area contributed by atoms with Crippen LogP contribution in [-0.2, 0) is 0 Å². The van der Waals surface area contributed by atoms with Crippen molar-refractivity contribution in [3.05, 3.63) is 0 Å². The number of alkyl halides is 4. The second kappa shape index (κ2) is 11.1. The maximum absolute atomic E-state index is 10.4. The molecule has 2 nitrogen and oxygen atoms in total. The Labute approximate surface area is 103 Å². The summed E-state index contributed by atoms with van der Waals surface area (Å²) in [4.78, 5) is 0. The molecule has 0 aromatic carbocycles. The van der Waals surface area contributed by atoms with Gasteiger partial charge in [0.15, 0.2) is 6.67 Å². The van der Waals surface area contributed by atoms with E-state index in [1.807, 2.05) is 0 Å². The number of rotatable bonds is 2. The van der Waals surface area contributed by atoms with Crippen molar-refractivity contribution in [2.24, 2.45) is 0 Å². The first-order valence-corrected chi connectivity index (χ1v) is 3.53. The molecule has 1 unspecified atom stereocenters. The van der Waals surface area contributed by atoms with Gasteiger partial charge in [-0.05, 0) is 0 Å². The van der Waals surface area contributed by atoms with Crippen molar-refractivity contribution in [2.75, 3.05) is 19.0 Å². The normalized spacial score (nSPS) is 12.2. The van der Waals surface area contributed by atoms with Crippen LogP contribution < -0.4 is 29.6 Å². The number of hydrogen-bond acceptors (Lipinski definition) is 3. The molecule has 0 spiro atoms. The molecular formula is C5H11F4NaO2S. The zero-order chi connectivity index (χ0) is 10.2. The molecule has 0 aliphatic heterocycles. The third kappa shape index (κ3) is 24.6. The van der Waals surface area contributed by atoms with Gasteiger partial charge >= 0.3 is 35.7 Å². The van der Waals surface area contributed by atoms with E-state index < -0.39 is 19.0 Å². The van der Waals surface area contributed by atoms with Crippen molar-refractivity contribution in [1.82, 2.24) is 0 Å². The fourth-order valence-electron chi connectivity index (χ4n) is 0.0577. The predicted octanol–water partition coefficient (Wildman–Crippen LogP) is -2.10. The quantitative estimate of drug-likeness (QED) is 0.291. The van der Waals surface area contributed by atoms with Crippen molar-refractivity contribution >= 4 is 12.6 Å². The first-order valence-electron chi connectivity index (χ1n) is 2.89. The summed E-state index contributed by atoms with van der Waals surface area (Å²) in [5.74, 6) is 0.330. The number of aliphatic hydroxyl groups excluding tert-OH is 2. The third-order valence-electron chi connectivity index (χ3n) is 0.573. The van der Waals surface area contributed by atoms with Crippen LogP contribution in [0.1, 0.15) is 1.43 Å². The van der Waals surface area contributed by atoms with Crippen molar-refractivity contribution in [2.45, 2.75) is 12.3 Å². The van der Waals surface area contributed by atoms with Crippen LogP contribution in [0, 0.1) is 0 Å². The summed E-state index contributed by atoms with van der Waals surface area (Å²) in [7, 11) is 0. The molecule has 0 bridgehead atoms. The molecule has 0 radical (unpaired) electrons. The minimum absolute atomic E-state index is 0. The van der Waals surface area contributed by atoms with Gasteiger partial charge in [0.25, 0.3) is 0 Å². The summed E-state index contributed by atoms with van der Waals surface area (Å²) >= 11 is 3.69. The minimum atomic E-state index is -4.62. The van der Waals surface area contributed by atoms with E-state index in [0.29, 0.717) is 5.75 Å². The Morgan fingerprint density at radius 2 is 1.69 bits per heavy atom. The van der Waals surface area contributed by atoms with E-state index in [4.69, 9.17) is 10.2 Å². The molecule has 0 aliphatic rings. The van der Waals surface area contributed by atoms with Crippen LogP contribution >= 0.6 is 12.6 Å². The number of aliphatic hydroxyl groups is 2. The SMILES string of the molecule is FCC(F)(F)F.OCC(O)CS.[H-].[Na+]. The van der Waals surface area contributed by atoms with Crippen LogP contribution in [0.5, 0.6) is 0 Å². The average molecular weight is 234 g/mol. The van der Waals surface area contributed by atoms with Crippen LogP contribution in [0.2, 0.25) is 0 Å². The molecule has 2 N–H and O–H groups in total. The molecule has 0 rings (SSSR count). The third-order valence-corrected chi connectivity index (χ3v) is 0.995. The molecular weight excluding hydrogens is 223 g/mol. The van der Waals surface area contributed by atoms with Gasteiger partial charge in [-0.3, -0.25) is 0 Å². The zero-order valence-corrected chi connectivity index (χ0v) is 9.95. The van der Waals surface area contributed by atoms with Gasteiger partial charge in [0, 0.05) is 5.75 Å². The molecule has 0 aromatic heterocycles. The second-order valence-corrected chi connectivity index (χ2v) is 2.13. The Bertz CT molecular complexity index is 104. The average Bonchev–Trinajstić information content (AvgIpc) is 2.03. The molecule has 0 amide bonds. The number of thiol groups is 1. The molecule has 0 fully saturated rings. The molecule has 1 atom stereocenters. The number of hydrogen-bond donors (Lipinski definition) is 3. The summed E-state index contributed by atoms with van der Waals surface area (Å²) in [6.45, 7) is -2.42. The van der Waals surface area contributed by atoms with E-state index in [1.165, 1.54) is 0 Å². The van der Waals surface area contributed by atoms with Crippen LogP contribution in [-0.4, -0.2) is 41.5 Å². The molecule has 0 saturated heterocycles. The fourth-order valence-corrected chi connectivity index (χ4v) is 0.173. The van der Waals surface area contributed by atoms with Crippen LogP contribution in [0.4, 0.5) is 17.6 Å². The van der Waals surface area contributed by atoms with Gasteiger partial charge < -0.3 is 11.6 Å². The van der Waals surface area contributed by atoms with Gasteiger partial charge in [-0.2, -0.15) is 25.8 Å². The van der Waals surface area contributed by atoms with E-state index in [1.54, 1.807) is 0 Å². The Balaban J connectivity index is -0.0000000625. The van der Waals surface area contributed by atoms with Gasteiger partial charge in [0.05, 0.1) is 12.7 Å². The van der Waals surface area contributed by atoms with Crippen molar-refractivity contribution < 1.29 is 58.8 Å². The Hall–Kier alpha value is 0.990. The van der Waals surface area contributed by atoms with Crippen molar-refractivity contribution in [3.8, 4) is 0 Å². The number of halogens is 4. The molecule has 8 heteroatoms. The predicted molar refractivity (Wildman–Crippen MR) is 40.1 cm³/mol. The maximum atomic E-state index is 10.4. The molecule has 0 aromatic rings. The van der Waals surface area contributed by atoms with E-state index in [2.05, 4.69) is 12.6 Å². The van der Waals surface area contributed by atoms with Crippen LogP contribution in [0.3, 0.4) is 0 Å². The Morgan fingerprint density at radius 3 is 1.69 bits per heavy atom. The topological polar surface area (TPSA) is 40.5 Å². The van der Waals surface area contributed by atoms with Gasteiger partial charge in [-0.1, -0.05) is 0 Å². The minimum Gasteiger partial charge on any atom is -1.00 e. The maximum Gasteiger partial charge on any atom is 1.00 e. The Kier molecular flexibility index (Phi) is 16.6. The smallest absolute Gasteiger partial charge is 1.00 e. The van der Waals surface area contributed by atoms with E-state index in [0.717, 1.165) is 0 Å². The largest absolute Gasteiger partial charge is 1.00 e. The van der Waals surface area contributed by atoms with Crippen LogP contribution in [0.15, 0.2) is 0 Å².